The molecule has 1 aliphatic heterocycles. The van der Waals surface area contributed by atoms with E-state index in [2.05, 4.69) is 18.2 Å². The molecule has 0 unspecified atom stereocenters. The van der Waals surface area contributed by atoms with E-state index in [0.717, 1.165) is 24.3 Å². The molecule has 0 amide bonds. The van der Waals surface area contributed by atoms with E-state index in [1.165, 1.54) is 11.1 Å². The van der Waals surface area contributed by atoms with E-state index in [1.807, 2.05) is 30.3 Å². The fourth-order valence-corrected chi connectivity index (χ4v) is 2.10. The lowest BCUT2D eigenvalue weighted by molar-refractivity contribution is 0.357. The minimum atomic E-state index is 0.693. The molecule has 2 aromatic rings. The van der Waals surface area contributed by atoms with Gasteiger partial charge in [0.15, 0.2) is 0 Å². The number of nitrogens with zero attached hydrogens (tertiary/aromatic N) is 1. The third-order valence-corrected chi connectivity index (χ3v) is 3.04. The molecular weight excluding hydrogens is 210 g/mol. The summed E-state index contributed by atoms with van der Waals surface area (Å²) in [5.41, 5.74) is 4.28. The van der Waals surface area contributed by atoms with Crippen molar-refractivity contribution in [2.24, 2.45) is 0 Å². The van der Waals surface area contributed by atoms with Crippen molar-refractivity contribution in [1.29, 1.82) is 5.26 Å². The summed E-state index contributed by atoms with van der Waals surface area (Å²) >= 11 is 0. The Hall–Kier alpha value is -2.27. The van der Waals surface area contributed by atoms with Crippen molar-refractivity contribution >= 4 is 0 Å². The lowest BCUT2D eigenvalue weighted by Gasteiger charge is -2.04. The van der Waals surface area contributed by atoms with Crippen LogP contribution in [-0.2, 0) is 6.42 Å². The summed E-state index contributed by atoms with van der Waals surface area (Å²) in [7, 11) is 0. The molecule has 0 N–H and O–H groups in total. The summed E-state index contributed by atoms with van der Waals surface area (Å²) in [5, 5.41) is 8.76. The first-order chi connectivity index (χ1) is 8.36. The lowest BCUT2D eigenvalue weighted by Crippen LogP contribution is -1.85. The zero-order chi connectivity index (χ0) is 11.7. The first-order valence-corrected chi connectivity index (χ1v) is 5.63. The molecule has 17 heavy (non-hydrogen) atoms. The summed E-state index contributed by atoms with van der Waals surface area (Å²) in [6.45, 7) is 0.784. The molecule has 0 radical (unpaired) electrons. The molecular formula is C15H11NO. The summed E-state index contributed by atoms with van der Waals surface area (Å²) < 4.78 is 5.48. The highest BCUT2D eigenvalue weighted by atomic mass is 16.5. The molecule has 1 aliphatic rings. The van der Waals surface area contributed by atoms with Crippen LogP contribution in [0.3, 0.4) is 0 Å². The van der Waals surface area contributed by atoms with Crippen LogP contribution in [0.2, 0.25) is 0 Å². The number of nitriles is 1. The molecule has 2 heteroatoms. The quantitative estimate of drug-likeness (QED) is 0.741. The molecule has 0 spiro atoms. The van der Waals surface area contributed by atoms with Gasteiger partial charge in [-0.2, -0.15) is 5.26 Å². The van der Waals surface area contributed by atoms with Gasteiger partial charge in [-0.1, -0.05) is 18.2 Å². The maximum Gasteiger partial charge on any atom is 0.122 e. The van der Waals surface area contributed by atoms with Crippen molar-refractivity contribution in [2.45, 2.75) is 6.42 Å². The van der Waals surface area contributed by atoms with Gasteiger partial charge in [0.2, 0.25) is 0 Å². The van der Waals surface area contributed by atoms with Gasteiger partial charge in [-0.15, -0.1) is 0 Å². The van der Waals surface area contributed by atoms with E-state index < -0.39 is 0 Å². The van der Waals surface area contributed by atoms with Gasteiger partial charge in [-0.05, 0) is 41.0 Å². The molecule has 3 rings (SSSR count). The van der Waals surface area contributed by atoms with E-state index in [-0.39, 0.29) is 0 Å². The average molecular weight is 221 g/mol. The molecule has 0 saturated carbocycles. The molecule has 0 saturated heterocycles. The van der Waals surface area contributed by atoms with Gasteiger partial charge in [-0.25, -0.2) is 0 Å². The summed E-state index contributed by atoms with van der Waals surface area (Å²) in [5.74, 6) is 1.00. The van der Waals surface area contributed by atoms with Crippen LogP contribution < -0.4 is 4.74 Å². The Bertz CT molecular complexity index is 593. The van der Waals surface area contributed by atoms with Crippen LogP contribution in [0.1, 0.15) is 11.1 Å². The summed E-state index contributed by atoms with van der Waals surface area (Å²) in [6.07, 6.45) is 0.986. The second kappa shape index (κ2) is 3.95. The third kappa shape index (κ3) is 1.76. The number of benzene rings is 2. The van der Waals surface area contributed by atoms with E-state index in [4.69, 9.17) is 10.00 Å². The van der Waals surface area contributed by atoms with Crippen molar-refractivity contribution in [3.63, 3.8) is 0 Å². The normalized spacial score (nSPS) is 12.6. The van der Waals surface area contributed by atoms with E-state index >= 15 is 0 Å². The Morgan fingerprint density at radius 1 is 1.00 bits per heavy atom. The van der Waals surface area contributed by atoms with Gasteiger partial charge in [0.1, 0.15) is 5.75 Å². The molecule has 2 nitrogen and oxygen atoms in total. The minimum Gasteiger partial charge on any atom is -0.493 e. The van der Waals surface area contributed by atoms with Gasteiger partial charge in [0.25, 0.3) is 0 Å². The predicted octanol–water partition coefficient (Wildman–Crippen LogP) is 3.16. The lowest BCUT2D eigenvalue weighted by atomic mass is 10.0. The predicted molar refractivity (Wildman–Crippen MR) is 65.8 cm³/mol. The Balaban J connectivity index is 2.01. The van der Waals surface area contributed by atoms with Crippen LogP contribution in [0.5, 0.6) is 5.75 Å². The van der Waals surface area contributed by atoms with Crippen molar-refractivity contribution in [2.75, 3.05) is 6.61 Å². The molecule has 1 heterocycles. The zero-order valence-corrected chi connectivity index (χ0v) is 9.31. The Kier molecular flexibility index (Phi) is 2.31. The number of fused-ring (bicyclic) bond motifs is 1. The van der Waals surface area contributed by atoms with Crippen LogP contribution in [0.25, 0.3) is 11.1 Å². The first-order valence-electron chi connectivity index (χ1n) is 5.63. The van der Waals surface area contributed by atoms with Crippen molar-refractivity contribution in [3.8, 4) is 22.9 Å². The van der Waals surface area contributed by atoms with Crippen molar-refractivity contribution in [3.05, 3.63) is 53.6 Å². The molecule has 0 aliphatic carbocycles. The van der Waals surface area contributed by atoms with Gasteiger partial charge in [0, 0.05) is 6.42 Å². The molecule has 82 valence electrons. The summed E-state index contributed by atoms with van der Waals surface area (Å²) in [4.78, 5) is 0. The molecule has 0 atom stereocenters. The van der Waals surface area contributed by atoms with Gasteiger partial charge in [0.05, 0.1) is 18.2 Å². The highest BCUT2D eigenvalue weighted by molar-refractivity contribution is 5.66. The maximum absolute atomic E-state index is 8.76. The number of rotatable bonds is 1. The Morgan fingerprint density at radius 2 is 1.76 bits per heavy atom. The molecule has 0 fully saturated rings. The van der Waals surface area contributed by atoms with E-state index in [9.17, 15) is 0 Å². The second-order valence-electron chi connectivity index (χ2n) is 4.11. The fraction of sp³-hybridized carbons (Fsp3) is 0.133. The van der Waals surface area contributed by atoms with E-state index in [0.29, 0.717) is 5.56 Å². The van der Waals surface area contributed by atoms with Crippen molar-refractivity contribution in [1.82, 2.24) is 0 Å². The Labute approximate surface area is 100 Å². The second-order valence-corrected chi connectivity index (χ2v) is 4.11. The minimum absolute atomic E-state index is 0.693. The van der Waals surface area contributed by atoms with Crippen LogP contribution in [0, 0.1) is 11.3 Å². The number of hydrogen-bond acceptors (Lipinski definition) is 2. The maximum atomic E-state index is 8.76. The third-order valence-electron chi connectivity index (χ3n) is 3.04. The van der Waals surface area contributed by atoms with Gasteiger partial charge >= 0.3 is 0 Å². The smallest absolute Gasteiger partial charge is 0.122 e. The molecule has 0 aromatic heterocycles. The largest absolute Gasteiger partial charge is 0.493 e. The Morgan fingerprint density at radius 3 is 2.53 bits per heavy atom. The average Bonchev–Trinajstić information content (AvgIpc) is 2.86. The van der Waals surface area contributed by atoms with Crippen molar-refractivity contribution < 1.29 is 4.74 Å². The SMILES string of the molecule is N#Cc1ccc(-c2ccc3c(c2)CCO3)cc1. The van der Waals surface area contributed by atoms with Crippen LogP contribution >= 0.6 is 0 Å². The van der Waals surface area contributed by atoms with Gasteiger partial charge < -0.3 is 4.74 Å². The van der Waals surface area contributed by atoms with Gasteiger partial charge in [-0.3, -0.25) is 0 Å². The van der Waals surface area contributed by atoms with E-state index in [1.54, 1.807) is 0 Å². The standard InChI is InChI=1S/C15H11NO/c16-10-11-1-3-12(4-2-11)13-5-6-15-14(9-13)7-8-17-15/h1-6,9H,7-8H2. The summed E-state index contributed by atoms with van der Waals surface area (Å²) in [6, 6.07) is 16.0. The highest BCUT2D eigenvalue weighted by Gasteiger charge is 2.12. The van der Waals surface area contributed by atoms with Crippen LogP contribution in [0.15, 0.2) is 42.5 Å². The first kappa shape index (κ1) is 9.92. The van der Waals surface area contributed by atoms with Crippen LogP contribution in [0.4, 0.5) is 0 Å². The molecule has 2 aromatic carbocycles. The number of hydrogen-bond donors (Lipinski definition) is 0. The zero-order valence-electron chi connectivity index (χ0n) is 9.31. The van der Waals surface area contributed by atoms with Crippen LogP contribution in [-0.4, -0.2) is 6.61 Å². The topological polar surface area (TPSA) is 33.0 Å². The monoisotopic (exact) mass is 221 g/mol. The molecule has 0 bridgehead atoms. The number of ether oxygens (including phenoxy) is 1. The fourth-order valence-electron chi connectivity index (χ4n) is 2.10. The highest BCUT2D eigenvalue weighted by Crippen LogP contribution is 2.30.